The molecule has 0 aliphatic rings. The molecule has 3 rings (SSSR count). The Labute approximate surface area is 137 Å². The van der Waals surface area contributed by atoms with Crippen LogP contribution in [0.2, 0.25) is 0 Å². The first-order chi connectivity index (χ1) is 11.6. The van der Waals surface area contributed by atoms with E-state index in [1.54, 1.807) is 24.3 Å². The van der Waals surface area contributed by atoms with Crippen molar-refractivity contribution in [1.29, 1.82) is 5.26 Å². The van der Waals surface area contributed by atoms with Crippen LogP contribution in [0.3, 0.4) is 0 Å². The maximum atomic E-state index is 12.7. The van der Waals surface area contributed by atoms with Crippen molar-refractivity contribution in [2.75, 3.05) is 0 Å². The van der Waals surface area contributed by atoms with Crippen LogP contribution < -0.4 is 11.2 Å². The number of aromatic nitrogens is 3. The first-order valence-corrected chi connectivity index (χ1v) is 7.35. The lowest BCUT2D eigenvalue weighted by Crippen LogP contribution is -2.42. The predicted octanol–water partition coefficient (Wildman–Crippen LogP) is 1.62. The Morgan fingerprint density at radius 1 is 1.08 bits per heavy atom. The van der Waals surface area contributed by atoms with E-state index >= 15 is 0 Å². The van der Waals surface area contributed by atoms with Crippen molar-refractivity contribution < 1.29 is 0 Å². The summed E-state index contributed by atoms with van der Waals surface area (Å²) in [5.41, 5.74) is 0.678. The minimum atomic E-state index is -0.685. The summed E-state index contributed by atoms with van der Waals surface area (Å²) in [4.78, 5) is 25.1. The van der Waals surface area contributed by atoms with Crippen LogP contribution in [0, 0.1) is 18.3 Å². The highest BCUT2D eigenvalue weighted by molar-refractivity contribution is 5.34. The van der Waals surface area contributed by atoms with Crippen molar-refractivity contribution in [2.45, 2.75) is 13.5 Å². The van der Waals surface area contributed by atoms with Gasteiger partial charge in [-0.05, 0) is 30.2 Å². The van der Waals surface area contributed by atoms with Crippen molar-refractivity contribution in [2.24, 2.45) is 0 Å². The maximum Gasteiger partial charge on any atom is 0.352 e. The van der Waals surface area contributed by atoms with E-state index in [-0.39, 0.29) is 12.2 Å². The molecule has 0 atom stereocenters. The standard InChI is InChI=1S/C18H14N4O2/c1-13-6-5-9-15(10-13)22-18(24)21(17(23)16(11-19)20-22)12-14-7-3-2-4-8-14/h2-10H,12H2,1H3. The summed E-state index contributed by atoms with van der Waals surface area (Å²) >= 11 is 0. The highest BCUT2D eigenvalue weighted by atomic mass is 16.2. The largest absolute Gasteiger partial charge is 0.352 e. The van der Waals surface area contributed by atoms with Crippen molar-refractivity contribution in [3.8, 4) is 11.8 Å². The summed E-state index contributed by atoms with van der Waals surface area (Å²) in [7, 11) is 0. The van der Waals surface area contributed by atoms with Crippen molar-refractivity contribution in [3.05, 3.63) is 92.3 Å². The van der Waals surface area contributed by atoms with E-state index in [1.807, 2.05) is 43.3 Å². The lowest BCUT2D eigenvalue weighted by atomic mass is 10.2. The fourth-order valence-corrected chi connectivity index (χ4v) is 2.42. The number of rotatable bonds is 3. The van der Waals surface area contributed by atoms with Gasteiger partial charge >= 0.3 is 5.69 Å². The summed E-state index contributed by atoms with van der Waals surface area (Å²) in [6.45, 7) is 1.97. The Bertz CT molecular complexity index is 1040. The van der Waals surface area contributed by atoms with Crippen LogP contribution in [0.15, 0.2) is 64.2 Å². The molecule has 1 aromatic heterocycles. The Balaban J connectivity index is 2.22. The van der Waals surface area contributed by atoms with Crippen molar-refractivity contribution >= 4 is 0 Å². The molecule has 0 aliphatic carbocycles. The van der Waals surface area contributed by atoms with Crippen LogP contribution >= 0.6 is 0 Å². The molecule has 0 bridgehead atoms. The number of benzene rings is 2. The number of hydrogen-bond acceptors (Lipinski definition) is 4. The van der Waals surface area contributed by atoms with Gasteiger partial charge in [0, 0.05) is 0 Å². The molecule has 0 aliphatic heterocycles. The highest BCUT2D eigenvalue weighted by Gasteiger charge is 2.14. The van der Waals surface area contributed by atoms with Gasteiger partial charge in [-0.3, -0.25) is 9.36 Å². The fraction of sp³-hybridized carbons (Fsp3) is 0.111. The summed E-state index contributed by atoms with van der Waals surface area (Å²) in [6, 6.07) is 18.1. The van der Waals surface area contributed by atoms with Crippen LogP contribution in [-0.2, 0) is 6.54 Å². The number of hydrogen-bond donors (Lipinski definition) is 0. The molecule has 118 valence electrons. The van der Waals surface area contributed by atoms with E-state index in [0.29, 0.717) is 5.69 Å². The normalized spacial score (nSPS) is 10.3. The summed E-state index contributed by atoms with van der Waals surface area (Å²) in [5, 5.41) is 13.1. The predicted molar refractivity (Wildman–Crippen MR) is 89.1 cm³/mol. The molecule has 0 spiro atoms. The molecule has 6 nitrogen and oxygen atoms in total. The molecule has 1 heterocycles. The van der Waals surface area contributed by atoms with Crippen molar-refractivity contribution in [3.63, 3.8) is 0 Å². The van der Waals surface area contributed by atoms with E-state index in [4.69, 9.17) is 0 Å². The third-order valence-electron chi connectivity index (χ3n) is 3.60. The first kappa shape index (κ1) is 15.4. The lowest BCUT2D eigenvalue weighted by Gasteiger charge is -2.10. The molecule has 0 fully saturated rings. The zero-order chi connectivity index (χ0) is 17.1. The second-order valence-corrected chi connectivity index (χ2v) is 5.37. The third-order valence-corrected chi connectivity index (χ3v) is 3.60. The third kappa shape index (κ3) is 2.88. The Morgan fingerprint density at radius 2 is 1.83 bits per heavy atom. The van der Waals surface area contributed by atoms with Gasteiger partial charge in [-0.1, -0.05) is 42.5 Å². The topological polar surface area (TPSA) is 80.7 Å². The van der Waals surface area contributed by atoms with Crippen LogP contribution in [0.4, 0.5) is 0 Å². The van der Waals surface area contributed by atoms with Crippen LogP contribution in [0.5, 0.6) is 0 Å². The summed E-state index contributed by atoms with van der Waals surface area (Å²) in [5.74, 6) is 0. The zero-order valence-corrected chi connectivity index (χ0v) is 13.0. The average molecular weight is 318 g/mol. The molecule has 3 aromatic rings. The minimum Gasteiger partial charge on any atom is -0.266 e. The minimum absolute atomic E-state index is 0.0848. The van der Waals surface area contributed by atoms with E-state index in [1.165, 1.54) is 0 Å². The van der Waals surface area contributed by atoms with E-state index in [2.05, 4.69) is 5.10 Å². The van der Waals surface area contributed by atoms with Crippen molar-refractivity contribution in [1.82, 2.24) is 14.3 Å². The van der Waals surface area contributed by atoms with E-state index < -0.39 is 11.2 Å². The Kier molecular flexibility index (Phi) is 4.08. The van der Waals surface area contributed by atoms with Gasteiger partial charge in [-0.25, -0.2) is 4.79 Å². The lowest BCUT2D eigenvalue weighted by molar-refractivity contribution is 0.611. The molecule has 6 heteroatoms. The molecule has 2 aromatic carbocycles. The molecule has 0 saturated heterocycles. The van der Waals surface area contributed by atoms with E-state index in [9.17, 15) is 14.9 Å². The van der Waals surface area contributed by atoms with Crippen LogP contribution in [0.1, 0.15) is 16.8 Å². The maximum absolute atomic E-state index is 12.7. The van der Waals surface area contributed by atoms with Gasteiger partial charge in [0.05, 0.1) is 12.2 Å². The first-order valence-electron chi connectivity index (χ1n) is 7.35. The smallest absolute Gasteiger partial charge is 0.266 e. The fourth-order valence-electron chi connectivity index (χ4n) is 2.42. The zero-order valence-electron chi connectivity index (χ0n) is 13.0. The highest BCUT2D eigenvalue weighted by Crippen LogP contribution is 2.06. The Morgan fingerprint density at radius 3 is 2.50 bits per heavy atom. The molecule has 0 unspecified atom stereocenters. The van der Waals surface area contributed by atoms with Gasteiger partial charge < -0.3 is 0 Å². The van der Waals surface area contributed by atoms with Gasteiger partial charge in [0.15, 0.2) is 0 Å². The molecule has 24 heavy (non-hydrogen) atoms. The van der Waals surface area contributed by atoms with Gasteiger partial charge in [0.25, 0.3) is 5.56 Å². The number of nitriles is 1. The monoisotopic (exact) mass is 318 g/mol. The molecule has 0 saturated carbocycles. The molecular formula is C18H14N4O2. The summed E-state index contributed by atoms with van der Waals surface area (Å²) < 4.78 is 2.12. The van der Waals surface area contributed by atoms with E-state index in [0.717, 1.165) is 20.4 Å². The van der Waals surface area contributed by atoms with Crippen LogP contribution in [-0.4, -0.2) is 14.3 Å². The molecule has 0 radical (unpaired) electrons. The quantitative estimate of drug-likeness (QED) is 0.735. The number of aryl methyl sites for hydroxylation is 1. The number of nitrogens with zero attached hydrogens (tertiary/aromatic N) is 4. The molecule has 0 N–H and O–H groups in total. The van der Waals surface area contributed by atoms with Gasteiger partial charge in [0.1, 0.15) is 6.07 Å². The SMILES string of the molecule is Cc1cccc(-n2nc(C#N)c(=O)n(Cc3ccccc3)c2=O)c1. The van der Waals surface area contributed by atoms with Crippen LogP contribution in [0.25, 0.3) is 5.69 Å². The molecular weight excluding hydrogens is 304 g/mol. The van der Waals surface area contributed by atoms with Gasteiger partial charge in [0.2, 0.25) is 5.69 Å². The summed E-state index contributed by atoms with van der Waals surface area (Å²) in [6.07, 6.45) is 0. The second-order valence-electron chi connectivity index (χ2n) is 5.37. The Hall–Kier alpha value is -3.46. The molecule has 0 amide bonds. The van der Waals surface area contributed by atoms with Gasteiger partial charge in [-0.2, -0.15) is 9.94 Å². The average Bonchev–Trinajstić information content (AvgIpc) is 2.60. The van der Waals surface area contributed by atoms with Gasteiger partial charge in [-0.15, -0.1) is 5.10 Å². The second kappa shape index (κ2) is 6.34.